The molecule has 1 aromatic carbocycles. The van der Waals surface area contributed by atoms with Crippen LogP contribution in [0.4, 0.5) is 4.39 Å². The van der Waals surface area contributed by atoms with E-state index in [0.29, 0.717) is 30.8 Å². The summed E-state index contributed by atoms with van der Waals surface area (Å²) in [6, 6.07) is 6.26. The van der Waals surface area contributed by atoms with E-state index < -0.39 is 0 Å². The molecule has 0 aromatic heterocycles. The Balaban J connectivity index is 2.12. The molecule has 0 radical (unpaired) electrons. The summed E-state index contributed by atoms with van der Waals surface area (Å²) in [6.07, 6.45) is -0.201. The third-order valence-electron chi connectivity index (χ3n) is 3.19. The van der Waals surface area contributed by atoms with E-state index in [0.717, 1.165) is 0 Å². The van der Waals surface area contributed by atoms with E-state index in [-0.39, 0.29) is 24.6 Å². The maximum atomic E-state index is 13.3. The molecule has 1 fully saturated rings. The van der Waals surface area contributed by atoms with Crippen LogP contribution < -0.4 is 0 Å². The van der Waals surface area contributed by atoms with Crippen molar-refractivity contribution in [1.29, 1.82) is 5.26 Å². The molecule has 1 N–H and O–H groups in total. The molecule has 2 unspecified atom stereocenters. The van der Waals surface area contributed by atoms with Crippen molar-refractivity contribution in [2.45, 2.75) is 25.7 Å². The summed E-state index contributed by atoms with van der Waals surface area (Å²) in [5.74, 6) is -0.339. The smallest absolute Gasteiger partial charge is 0.123 e. The molecule has 0 aliphatic carbocycles. The minimum absolute atomic E-state index is 0.0185. The molecule has 0 amide bonds. The van der Waals surface area contributed by atoms with E-state index in [9.17, 15) is 9.50 Å². The first kappa shape index (κ1) is 13.9. The number of halogens is 1. The first-order chi connectivity index (χ1) is 9.12. The van der Waals surface area contributed by atoms with Crippen LogP contribution in [0.5, 0.6) is 0 Å². The molecule has 102 valence electrons. The standard InChI is InChI=1S/C14H17FN2O2/c1-10-6-17(8-14(9-18)19-10)7-12-4-13(15)3-2-11(12)5-16/h2-4,10,14,18H,6-9H2,1H3. The summed E-state index contributed by atoms with van der Waals surface area (Å²) in [7, 11) is 0. The van der Waals surface area contributed by atoms with E-state index in [4.69, 9.17) is 10.00 Å². The minimum Gasteiger partial charge on any atom is -0.394 e. The largest absolute Gasteiger partial charge is 0.394 e. The van der Waals surface area contributed by atoms with Gasteiger partial charge in [0.05, 0.1) is 30.4 Å². The third kappa shape index (κ3) is 3.51. The van der Waals surface area contributed by atoms with Crippen LogP contribution in [-0.2, 0) is 11.3 Å². The predicted octanol–water partition coefficient (Wildman–Crippen LogP) is 1.28. The Bertz CT molecular complexity index is 487. The summed E-state index contributed by atoms with van der Waals surface area (Å²) in [6.45, 7) is 3.69. The van der Waals surface area contributed by atoms with Gasteiger partial charge in [0, 0.05) is 19.6 Å². The van der Waals surface area contributed by atoms with Crippen LogP contribution >= 0.6 is 0 Å². The summed E-state index contributed by atoms with van der Waals surface area (Å²) in [5.41, 5.74) is 1.16. The summed E-state index contributed by atoms with van der Waals surface area (Å²) >= 11 is 0. The van der Waals surface area contributed by atoms with Gasteiger partial charge in [0.25, 0.3) is 0 Å². The van der Waals surface area contributed by atoms with Gasteiger partial charge in [0.15, 0.2) is 0 Å². The van der Waals surface area contributed by atoms with Crippen LogP contribution in [0, 0.1) is 17.1 Å². The van der Waals surface area contributed by atoms with Gasteiger partial charge in [-0.25, -0.2) is 4.39 Å². The number of morpholine rings is 1. The van der Waals surface area contributed by atoms with Crippen molar-refractivity contribution in [2.24, 2.45) is 0 Å². The average Bonchev–Trinajstić information content (AvgIpc) is 2.38. The fourth-order valence-corrected chi connectivity index (χ4v) is 2.41. The topological polar surface area (TPSA) is 56.5 Å². The van der Waals surface area contributed by atoms with Crippen LogP contribution in [0.2, 0.25) is 0 Å². The average molecular weight is 264 g/mol. The monoisotopic (exact) mass is 264 g/mol. The van der Waals surface area contributed by atoms with E-state index >= 15 is 0 Å². The molecule has 2 atom stereocenters. The normalized spacial score (nSPS) is 24.1. The first-order valence-electron chi connectivity index (χ1n) is 6.29. The summed E-state index contributed by atoms with van der Waals surface area (Å²) in [5, 5.41) is 18.2. The number of benzene rings is 1. The van der Waals surface area contributed by atoms with Gasteiger partial charge >= 0.3 is 0 Å². The van der Waals surface area contributed by atoms with Gasteiger partial charge in [-0.15, -0.1) is 0 Å². The molecule has 5 heteroatoms. The van der Waals surface area contributed by atoms with E-state index in [1.807, 2.05) is 6.92 Å². The molecule has 0 saturated carbocycles. The van der Waals surface area contributed by atoms with Crippen molar-refractivity contribution in [1.82, 2.24) is 4.90 Å². The number of nitriles is 1. The minimum atomic E-state index is -0.339. The molecule has 0 spiro atoms. The zero-order valence-corrected chi connectivity index (χ0v) is 10.8. The molecule has 1 heterocycles. The van der Waals surface area contributed by atoms with E-state index in [1.54, 1.807) is 0 Å². The molecule has 4 nitrogen and oxygen atoms in total. The zero-order chi connectivity index (χ0) is 13.8. The molecule has 1 saturated heterocycles. The van der Waals surface area contributed by atoms with Gasteiger partial charge in [-0.2, -0.15) is 5.26 Å². The Morgan fingerprint density at radius 3 is 3.00 bits per heavy atom. The maximum absolute atomic E-state index is 13.3. The lowest BCUT2D eigenvalue weighted by atomic mass is 10.1. The highest BCUT2D eigenvalue weighted by molar-refractivity contribution is 5.37. The lowest BCUT2D eigenvalue weighted by Gasteiger charge is -2.36. The highest BCUT2D eigenvalue weighted by Gasteiger charge is 2.25. The lowest BCUT2D eigenvalue weighted by molar-refractivity contribution is -0.0972. The van der Waals surface area contributed by atoms with E-state index in [1.165, 1.54) is 18.2 Å². The Hall–Kier alpha value is -1.48. The van der Waals surface area contributed by atoms with Crippen LogP contribution in [-0.4, -0.2) is 41.9 Å². The van der Waals surface area contributed by atoms with Crippen LogP contribution in [0.15, 0.2) is 18.2 Å². The number of aliphatic hydroxyl groups is 1. The number of hydrogen-bond donors (Lipinski definition) is 1. The third-order valence-corrected chi connectivity index (χ3v) is 3.19. The quantitative estimate of drug-likeness (QED) is 0.893. The Morgan fingerprint density at radius 1 is 1.53 bits per heavy atom. The highest BCUT2D eigenvalue weighted by atomic mass is 19.1. The molecule has 1 aliphatic heterocycles. The Kier molecular flexibility index (Phi) is 4.48. The van der Waals surface area contributed by atoms with Crippen molar-refractivity contribution < 1.29 is 14.2 Å². The van der Waals surface area contributed by atoms with Crippen molar-refractivity contribution >= 4 is 0 Å². The molecular formula is C14H17FN2O2. The second-order valence-electron chi connectivity index (χ2n) is 4.86. The fourth-order valence-electron chi connectivity index (χ4n) is 2.41. The zero-order valence-electron chi connectivity index (χ0n) is 10.8. The SMILES string of the molecule is CC1CN(Cc2cc(F)ccc2C#N)CC(CO)O1. The number of hydrogen-bond acceptors (Lipinski definition) is 4. The van der Waals surface area contributed by atoms with Crippen molar-refractivity contribution in [2.75, 3.05) is 19.7 Å². The van der Waals surface area contributed by atoms with Gasteiger partial charge in [-0.1, -0.05) is 0 Å². The second-order valence-corrected chi connectivity index (χ2v) is 4.86. The van der Waals surface area contributed by atoms with Gasteiger partial charge < -0.3 is 9.84 Å². The summed E-state index contributed by atoms with van der Waals surface area (Å²) in [4.78, 5) is 2.07. The number of ether oxygens (including phenoxy) is 1. The number of rotatable bonds is 3. The lowest BCUT2D eigenvalue weighted by Crippen LogP contribution is -2.47. The highest BCUT2D eigenvalue weighted by Crippen LogP contribution is 2.17. The molecular weight excluding hydrogens is 247 g/mol. The van der Waals surface area contributed by atoms with Gasteiger partial charge in [-0.05, 0) is 30.7 Å². The van der Waals surface area contributed by atoms with Crippen molar-refractivity contribution in [3.8, 4) is 6.07 Å². The Morgan fingerprint density at radius 2 is 2.32 bits per heavy atom. The van der Waals surface area contributed by atoms with E-state index in [2.05, 4.69) is 11.0 Å². The van der Waals surface area contributed by atoms with Gasteiger partial charge in [-0.3, -0.25) is 4.90 Å². The molecule has 2 rings (SSSR count). The maximum Gasteiger partial charge on any atom is 0.123 e. The summed E-state index contributed by atoms with van der Waals surface area (Å²) < 4.78 is 18.8. The fraction of sp³-hybridized carbons (Fsp3) is 0.500. The van der Waals surface area contributed by atoms with Crippen LogP contribution in [0.25, 0.3) is 0 Å². The van der Waals surface area contributed by atoms with Gasteiger partial charge in [0.2, 0.25) is 0 Å². The predicted molar refractivity (Wildman–Crippen MR) is 67.8 cm³/mol. The van der Waals surface area contributed by atoms with Crippen LogP contribution in [0.3, 0.4) is 0 Å². The number of aliphatic hydroxyl groups excluding tert-OH is 1. The molecule has 19 heavy (non-hydrogen) atoms. The molecule has 1 aliphatic rings. The molecule has 1 aromatic rings. The Labute approximate surface area is 112 Å². The second kappa shape index (κ2) is 6.11. The number of nitrogens with zero attached hydrogens (tertiary/aromatic N) is 2. The van der Waals surface area contributed by atoms with Crippen molar-refractivity contribution in [3.05, 3.63) is 35.1 Å². The van der Waals surface area contributed by atoms with Crippen LogP contribution in [0.1, 0.15) is 18.1 Å². The van der Waals surface area contributed by atoms with Crippen molar-refractivity contribution in [3.63, 3.8) is 0 Å². The molecule has 0 bridgehead atoms. The van der Waals surface area contributed by atoms with Gasteiger partial charge in [0.1, 0.15) is 5.82 Å². The first-order valence-corrected chi connectivity index (χ1v) is 6.29.